The molecule has 0 saturated heterocycles. The molecule has 0 saturated carbocycles. The SMILES string of the molecule is CCOC(=O)c1c(C)oc(NC(=O)CN(C)Cc2ccc(OC)cc2)c1C(N)=O. The molecule has 0 aliphatic carbocycles. The van der Waals surface area contributed by atoms with Gasteiger partial charge in [0.15, 0.2) is 0 Å². The van der Waals surface area contributed by atoms with Gasteiger partial charge in [0, 0.05) is 6.54 Å². The lowest BCUT2D eigenvalue weighted by Gasteiger charge is -2.16. The van der Waals surface area contributed by atoms with E-state index in [0.717, 1.165) is 11.3 Å². The predicted octanol–water partition coefficient (Wildman–Crippen LogP) is 1.94. The molecule has 0 aliphatic rings. The summed E-state index contributed by atoms with van der Waals surface area (Å²) in [6.07, 6.45) is 0. The van der Waals surface area contributed by atoms with Crippen LogP contribution in [0, 0.1) is 6.92 Å². The first kappa shape index (κ1) is 22.0. The third kappa shape index (κ3) is 5.58. The highest BCUT2D eigenvalue weighted by atomic mass is 16.5. The standard InChI is InChI=1S/C20H25N3O6/c1-5-28-20(26)16-12(2)29-19(17(16)18(21)25)22-15(24)11-23(3)10-13-6-8-14(27-4)9-7-13/h6-9H,5,10-11H2,1-4H3,(H2,21,25)(H,22,24). The first-order valence-electron chi connectivity index (χ1n) is 8.98. The van der Waals surface area contributed by atoms with E-state index in [4.69, 9.17) is 19.6 Å². The summed E-state index contributed by atoms with van der Waals surface area (Å²) in [6.45, 7) is 3.80. The van der Waals surface area contributed by atoms with Crippen molar-refractivity contribution in [2.75, 3.05) is 32.6 Å². The maximum atomic E-state index is 12.4. The second kappa shape index (κ2) is 9.74. The molecular formula is C20H25N3O6. The molecule has 156 valence electrons. The van der Waals surface area contributed by atoms with E-state index < -0.39 is 17.8 Å². The minimum absolute atomic E-state index is 0.0265. The third-order valence-corrected chi connectivity index (χ3v) is 4.09. The normalized spacial score (nSPS) is 10.7. The fourth-order valence-corrected chi connectivity index (χ4v) is 2.83. The number of amides is 2. The van der Waals surface area contributed by atoms with E-state index in [1.165, 1.54) is 6.92 Å². The number of methoxy groups -OCH3 is 1. The van der Waals surface area contributed by atoms with E-state index in [0.29, 0.717) is 6.54 Å². The van der Waals surface area contributed by atoms with Crippen molar-refractivity contribution in [2.45, 2.75) is 20.4 Å². The number of esters is 1. The summed E-state index contributed by atoms with van der Waals surface area (Å²) in [7, 11) is 3.37. The summed E-state index contributed by atoms with van der Waals surface area (Å²) in [5.74, 6) is -1.34. The van der Waals surface area contributed by atoms with Crippen molar-refractivity contribution >= 4 is 23.7 Å². The van der Waals surface area contributed by atoms with E-state index in [9.17, 15) is 14.4 Å². The zero-order chi connectivity index (χ0) is 21.6. The molecule has 2 aromatic rings. The van der Waals surface area contributed by atoms with Gasteiger partial charge in [-0.3, -0.25) is 19.8 Å². The number of nitrogens with zero attached hydrogens (tertiary/aromatic N) is 1. The number of hydrogen-bond donors (Lipinski definition) is 2. The topological polar surface area (TPSA) is 124 Å². The van der Waals surface area contributed by atoms with Crippen molar-refractivity contribution in [3.63, 3.8) is 0 Å². The van der Waals surface area contributed by atoms with E-state index >= 15 is 0 Å². The van der Waals surface area contributed by atoms with Crippen molar-refractivity contribution < 1.29 is 28.3 Å². The smallest absolute Gasteiger partial charge is 0.342 e. The number of nitrogens with two attached hydrogens (primary N) is 1. The van der Waals surface area contributed by atoms with Gasteiger partial charge in [-0.25, -0.2) is 4.79 Å². The van der Waals surface area contributed by atoms with Gasteiger partial charge in [0.1, 0.15) is 22.6 Å². The number of likely N-dealkylation sites (N-methyl/N-ethyl adjacent to an activating group) is 1. The Bertz CT molecular complexity index is 888. The molecule has 9 nitrogen and oxygen atoms in total. The summed E-state index contributed by atoms with van der Waals surface area (Å²) < 4.78 is 15.5. The molecule has 1 heterocycles. The second-order valence-electron chi connectivity index (χ2n) is 6.39. The first-order chi connectivity index (χ1) is 13.8. The maximum Gasteiger partial charge on any atom is 0.342 e. The fourth-order valence-electron chi connectivity index (χ4n) is 2.83. The summed E-state index contributed by atoms with van der Waals surface area (Å²) in [6, 6.07) is 7.48. The first-order valence-corrected chi connectivity index (χ1v) is 8.98. The highest BCUT2D eigenvalue weighted by molar-refractivity contribution is 6.10. The number of aryl methyl sites for hydroxylation is 1. The number of hydrogen-bond acceptors (Lipinski definition) is 7. The number of benzene rings is 1. The number of anilines is 1. The summed E-state index contributed by atoms with van der Waals surface area (Å²) in [5, 5.41) is 2.51. The average Bonchev–Trinajstić information content (AvgIpc) is 2.98. The van der Waals surface area contributed by atoms with Gasteiger partial charge in [-0.05, 0) is 38.6 Å². The Morgan fingerprint density at radius 2 is 1.83 bits per heavy atom. The quantitative estimate of drug-likeness (QED) is 0.613. The zero-order valence-electron chi connectivity index (χ0n) is 16.9. The van der Waals surface area contributed by atoms with Crippen LogP contribution in [0.1, 0.15) is 39.0 Å². The number of ether oxygens (including phenoxy) is 2. The van der Waals surface area contributed by atoms with Gasteiger partial charge in [-0.1, -0.05) is 12.1 Å². The summed E-state index contributed by atoms with van der Waals surface area (Å²) in [4.78, 5) is 38.1. The maximum absolute atomic E-state index is 12.4. The van der Waals surface area contributed by atoms with Crippen molar-refractivity contribution in [1.29, 1.82) is 0 Å². The molecule has 29 heavy (non-hydrogen) atoms. The molecule has 0 radical (unpaired) electrons. The number of nitrogens with one attached hydrogen (secondary N) is 1. The van der Waals surface area contributed by atoms with Crippen LogP contribution in [0.2, 0.25) is 0 Å². The molecule has 3 N–H and O–H groups in total. The molecule has 1 aromatic heterocycles. The molecule has 1 aromatic carbocycles. The minimum Gasteiger partial charge on any atom is -0.497 e. The van der Waals surface area contributed by atoms with E-state index in [1.54, 1.807) is 26.0 Å². The molecule has 0 spiro atoms. The highest BCUT2D eigenvalue weighted by Crippen LogP contribution is 2.27. The predicted molar refractivity (Wildman–Crippen MR) is 106 cm³/mol. The Morgan fingerprint density at radius 3 is 2.38 bits per heavy atom. The summed E-state index contributed by atoms with van der Waals surface area (Å²) >= 11 is 0. The van der Waals surface area contributed by atoms with Crippen molar-refractivity contribution in [2.24, 2.45) is 5.73 Å². The zero-order valence-corrected chi connectivity index (χ0v) is 16.9. The molecule has 0 fully saturated rings. The molecule has 0 aliphatic heterocycles. The molecule has 0 bridgehead atoms. The monoisotopic (exact) mass is 403 g/mol. The average molecular weight is 403 g/mol. The Kier molecular flexibility index (Phi) is 7.38. The van der Waals surface area contributed by atoms with Crippen molar-refractivity contribution in [3.8, 4) is 5.75 Å². The van der Waals surface area contributed by atoms with Gasteiger partial charge in [0.2, 0.25) is 11.8 Å². The summed E-state index contributed by atoms with van der Waals surface area (Å²) in [5.41, 5.74) is 6.10. The van der Waals surface area contributed by atoms with Gasteiger partial charge >= 0.3 is 5.97 Å². The number of furan rings is 1. The highest BCUT2D eigenvalue weighted by Gasteiger charge is 2.29. The lowest BCUT2D eigenvalue weighted by molar-refractivity contribution is -0.117. The van der Waals surface area contributed by atoms with Gasteiger partial charge in [-0.15, -0.1) is 0 Å². The molecular weight excluding hydrogens is 378 g/mol. The molecule has 2 rings (SSSR count). The molecule has 9 heteroatoms. The van der Waals surface area contributed by atoms with Crippen LogP contribution in [0.25, 0.3) is 0 Å². The van der Waals surface area contributed by atoms with Gasteiger partial charge in [0.05, 0.1) is 20.3 Å². The Labute approximate surface area is 168 Å². The van der Waals surface area contributed by atoms with Crippen LogP contribution in [0.15, 0.2) is 28.7 Å². The largest absolute Gasteiger partial charge is 0.497 e. The van der Waals surface area contributed by atoms with Crippen LogP contribution in [-0.2, 0) is 16.1 Å². The second-order valence-corrected chi connectivity index (χ2v) is 6.39. The number of carbonyl (C=O) groups is 3. The molecule has 0 atom stereocenters. The number of rotatable bonds is 9. The van der Waals surface area contributed by atoms with E-state index in [2.05, 4.69) is 5.32 Å². The lowest BCUT2D eigenvalue weighted by atomic mass is 10.1. The fraction of sp³-hybridized carbons (Fsp3) is 0.350. The van der Waals surface area contributed by atoms with Crippen LogP contribution >= 0.6 is 0 Å². The lowest BCUT2D eigenvalue weighted by Crippen LogP contribution is -2.30. The van der Waals surface area contributed by atoms with Crippen LogP contribution < -0.4 is 15.8 Å². The van der Waals surface area contributed by atoms with E-state index in [1.807, 2.05) is 24.3 Å². The van der Waals surface area contributed by atoms with E-state index in [-0.39, 0.29) is 35.9 Å². The Hall–Kier alpha value is -3.33. The van der Waals surface area contributed by atoms with Gasteiger partial charge < -0.3 is 19.6 Å². The number of carbonyl (C=O) groups excluding carboxylic acids is 3. The van der Waals surface area contributed by atoms with Crippen molar-refractivity contribution in [3.05, 3.63) is 46.7 Å². The minimum atomic E-state index is -0.896. The van der Waals surface area contributed by atoms with Crippen molar-refractivity contribution in [1.82, 2.24) is 4.90 Å². The Morgan fingerprint density at radius 1 is 1.17 bits per heavy atom. The third-order valence-electron chi connectivity index (χ3n) is 4.09. The van der Waals surface area contributed by atoms with Crippen LogP contribution in [-0.4, -0.2) is 50.0 Å². The van der Waals surface area contributed by atoms with Gasteiger partial charge in [-0.2, -0.15) is 0 Å². The molecule has 2 amide bonds. The van der Waals surface area contributed by atoms with Crippen LogP contribution in [0.5, 0.6) is 5.75 Å². The van der Waals surface area contributed by atoms with Gasteiger partial charge in [0.25, 0.3) is 5.91 Å². The van der Waals surface area contributed by atoms with Crippen LogP contribution in [0.4, 0.5) is 5.88 Å². The Balaban J connectivity index is 2.08. The number of primary amides is 1. The molecule has 0 unspecified atom stereocenters. The van der Waals surface area contributed by atoms with Crippen LogP contribution in [0.3, 0.4) is 0 Å².